The van der Waals surface area contributed by atoms with Gasteiger partial charge in [-0.2, -0.15) is 5.10 Å². The van der Waals surface area contributed by atoms with Crippen molar-refractivity contribution in [3.63, 3.8) is 0 Å². The van der Waals surface area contributed by atoms with E-state index in [0.717, 1.165) is 11.3 Å². The molecule has 1 aliphatic heterocycles. The Morgan fingerprint density at radius 1 is 1.13 bits per heavy atom. The van der Waals surface area contributed by atoms with Crippen molar-refractivity contribution in [1.29, 1.82) is 0 Å². The Hall–Kier alpha value is -3.81. The third-order valence-corrected chi connectivity index (χ3v) is 5.14. The molecule has 1 aromatic heterocycles. The predicted octanol–water partition coefficient (Wildman–Crippen LogP) is 2.75. The van der Waals surface area contributed by atoms with Crippen molar-refractivity contribution < 1.29 is 14.3 Å². The normalized spacial score (nSPS) is 15.3. The minimum atomic E-state index is -0.640. The molecule has 1 aliphatic rings. The number of fused-ring (bicyclic) bond motifs is 1. The number of hydrogen-bond donors (Lipinski definition) is 1. The van der Waals surface area contributed by atoms with Crippen LogP contribution in [-0.4, -0.2) is 48.3 Å². The number of anilines is 3. The highest BCUT2D eigenvalue weighted by Crippen LogP contribution is 2.33. The van der Waals surface area contributed by atoms with Crippen LogP contribution in [0.3, 0.4) is 0 Å². The number of carbonyl (C=O) groups is 2. The number of nitrogens with zero attached hydrogens (tertiary/aromatic N) is 4. The molecule has 0 fully saturated rings. The van der Waals surface area contributed by atoms with Crippen LogP contribution in [0.5, 0.6) is 5.75 Å². The molecule has 4 rings (SSSR count). The molecule has 31 heavy (non-hydrogen) atoms. The van der Waals surface area contributed by atoms with Gasteiger partial charge in [0.15, 0.2) is 6.10 Å². The fourth-order valence-corrected chi connectivity index (χ4v) is 3.49. The maximum Gasteiger partial charge on any atom is 0.268 e. The minimum Gasteiger partial charge on any atom is -0.479 e. The smallest absolute Gasteiger partial charge is 0.268 e. The average Bonchev–Trinajstić information content (AvgIpc) is 3.18. The number of benzene rings is 2. The second kappa shape index (κ2) is 8.51. The summed E-state index contributed by atoms with van der Waals surface area (Å²) in [5.74, 6) is 0.614. The first-order valence-corrected chi connectivity index (χ1v) is 10.1. The molecule has 0 aliphatic carbocycles. The number of amides is 2. The highest BCUT2D eigenvalue weighted by atomic mass is 16.5. The lowest BCUT2D eigenvalue weighted by atomic mass is 10.2. The van der Waals surface area contributed by atoms with Gasteiger partial charge in [-0.25, -0.2) is 4.68 Å². The number of carbonyl (C=O) groups excluding carboxylic acids is 2. The molecule has 2 heterocycles. The van der Waals surface area contributed by atoms with Gasteiger partial charge in [0.25, 0.3) is 5.91 Å². The van der Waals surface area contributed by atoms with E-state index in [1.54, 1.807) is 36.0 Å². The van der Waals surface area contributed by atoms with Gasteiger partial charge in [0.2, 0.25) is 5.91 Å². The summed E-state index contributed by atoms with van der Waals surface area (Å²) in [5.41, 5.74) is 2.77. The molecule has 1 unspecified atom stereocenters. The Morgan fingerprint density at radius 2 is 1.87 bits per heavy atom. The van der Waals surface area contributed by atoms with E-state index in [1.807, 2.05) is 55.4 Å². The molecule has 0 saturated carbocycles. The highest BCUT2D eigenvalue weighted by molar-refractivity contribution is 6.05. The van der Waals surface area contributed by atoms with Crippen LogP contribution >= 0.6 is 0 Å². The topological polar surface area (TPSA) is 79.7 Å². The summed E-state index contributed by atoms with van der Waals surface area (Å²) >= 11 is 0. The van der Waals surface area contributed by atoms with Crippen LogP contribution in [0.2, 0.25) is 0 Å². The van der Waals surface area contributed by atoms with Crippen molar-refractivity contribution in [3.8, 4) is 5.75 Å². The molecule has 160 valence electrons. The summed E-state index contributed by atoms with van der Waals surface area (Å²) in [6.45, 7) is 2.10. The van der Waals surface area contributed by atoms with Gasteiger partial charge in [0.1, 0.15) is 18.1 Å². The van der Waals surface area contributed by atoms with E-state index < -0.39 is 6.10 Å². The molecule has 0 bridgehead atoms. The molecule has 2 aromatic carbocycles. The van der Waals surface area contributed by atoms with E-state index in [0.29, 0.717) is 23.8 Å². The third kappa shape index (κ3) is 4.37. The monoisotopic (exact) mass is 419 g/mol. The first-order chi connectivity index (χ1) is 14.9. The lowest BCUT2D eigenvalue weighted by molar-refractivity contribution is -0.127. The molecule has 0 spiro atoms. The Kier molecular flexibility index (Phi) is 5.62. The Bertz CT molecular complexity index is 1090. The standard InChI is InChI=1S/C23H25N5O3/c1-16-23(30)27(19-6-4-5-7-20(19)31-16)15-22(29)25-21-12-13-24-28(21)14-17-8-10-18(11-9-17)26(2)3/h4-13,16H,14-15H2,1-3H3,(H,25,29). The molecule has 8 nitrogen and oxygen atoms in total. The Morgan fingerprint density at radius 3 is 2.61 bits per heavy atom. The van der Waals surface area contributed by atoms with Crippen LogP contribution in [-0.2, 0) is 16.1 Å². The van der Waals surface area contributed by atoms with Crippen LogP contribution in [0.1, 0.15) is 12.5 Å². The van der Waals surface area contributed by atoms with Crippen molar-refractivity contribution >= 4 is 29.0 Å². The quantitative estimate of drug-likeness (QED) is 0.665. The van der Waals surface area contributed by atoms with Crippen LogP contribution in [0.15, 0.2) is 60.8 Å². The second-order valence-electron chi connectivity index (χ2n) is 7.64. The largest absolute Gasteiger partial charge is 0.479 e. The fourth-order valence-electron chi connectivity index (χ4n) is 3.49. The third-order valence-electron chi connectivity index (χ3n) is 5.14. The first-order valence-electron chi connectivity index (χ1n) is 10.1. The number of hydrogen-bond acceptors (Lipinski definition) is 5. The van der Waals surface area contributed by atoms with Gasteiger partial charge in [-0.15, -0.1) is 0 Å². The lowest BCUT2D eigenvalue weighted by Gasteiger charge is -2.32. The van der Waals surface area contributed by atoms with Gasteiger partial charge in [-0.3, -0.25) is 14.5 Å². The molecule has 3 aromatic rings. The number of nitrogens with one attached hydrogen (secondary N) is 1. The van der Waals surface area contributed by atoms with E-state index in [1.165, 1.54) is 4.90 Å². The zero-order valence-corrected chi connectivity index (χ0v) is 17.8. The number of aromatic nitrogens is 2. The van der Waals surface area contributed by atoms with E-state index in [4.69, 9.17) is 4.74 Å². The molecule has 2 amide bonds. The maximum atomic E-state index is 12.8. The summed E-state index contributed by atoms with van der Waals surface area (Å²) in [4.78, 5) is 28.9. The van der Waals surface area contributed by atoms with Crippen molar-refractivity contribution in [2.75, 3.05) is 35.8 Å². The van der Waals surface area contributed by atoms with Gasteiger partial charge in [0.05, 0.1) is 18.4 Å². The SMILES string of the molecule is CC1Oc2ccccc2N(CC(=O)Nc2ccnn2Cc2ccc(N(C)C)cc2)C1=O. The van der Waals surface area contributed by atoms with Gasteiger partial charge >= 0.3 is 0 Å². The second-order valence-corrected chi connectivity index (χ2v) is 7.64. The zero-order chi connectivity index (χ0) is 22.0. The predicted molar refractivity (Wildman–Crippen MR) is 120 cm³/mol. The Labute approximate surface area is 181 Å². The van der Waals surface area contributed by atoms with Gasteiger partial charge in [-0.1, -0.05) is 24.3 Å². The lowest BCUT2D eigenvalue weighted by Crippen LogP contribution is -2.47. The van der Waals surface area contributed by atoms with Crippen molar-refractivity contribution in [2.45, 2.75) is 19.6 Å². The summed E-state index contributed by atoms with van der Waals surface area (Å²) in [7, 11) is 3.99. The summed E-state index contributed by atoms with van der Waals surface area (Å²) in [5, 5.41) is 7.20. The van der Waals surface area contributed by atoms with Gasteiger partial charge < -0.3 is 15.0 Å². The van der Waals surface area contributed by atoms with Gasteiger partial charge in [0, 0.05) is 25.8 Å². The molecule has 0 saturated heterocycles. The molecular weight excluding hydrogens is 394 g/mol. The fraction of sp³-hybridized carbons (Fsp3) is 0.261. The van der Waals surface area contributed by atoms with Crippen LogP contribution < -0.4 is 19.9 Å². The van der Waals surface area contributed by atoms with Crippen LogP contribution in [0, 0.1) is 0 Å². The summed E-state index contributed by atoms with van der Waals surface area (Å²) in [6, 6.07) is 17.1. The van der Waals surface area contributed by atoms with Crippen LogP contribution in [0.25, 0.3) is 0 Å². The van der Waals surface area contributed by atoms with Crippen molar-refractivity contribution in [3.05, 3.63) is 66.4 Å². The molecule has 8 heteroatoms. The average molecular weight is 419 g/mol. The van der Waals surface area contributed by atoms with E-state index in [-0.39, 0.29) is 18.4 Å². The van der Waals surface area contributed by atoms with E-state index in [2.05, 4.69) is 10.4 Å². The number of ether oxygens (including phenoxy) is 1. The molecular formula is C23H25N5O3. The Balaban J connectivity index is 1.45. The highest BCUT2D eigenvalue weighted by Gasteiger charge is 2.32. The van der Waals surface area contributed by atoms with E-state index >= 15 is 0 Å². The maximum absolute atomic E-state index is 12.8. The van der Waals surface area contributed by atoms with Crippen LogP contribution in [0.4, 0.5) is 17.2 Å². The summed E-state index contributed by atoms with van der Waals surface area (Å²) < 4.78 is 7.35. The minimum absolute atomic E-state index is 0.105. The number of rotatable bonds is 6. The number of para-hydroxylation sites is 2. The van der Waals surface area contributed by atoms with Crippen molar-refractivity contribution in [2.24, 2.45) is 0 Å². The zero-order valence-electron chi connectivity index (χ0n) is 17.8. The van der Waals surface area contributed by atoms with Gasteiger partial charge in [-0.05, 0) is 36.8 Å². The van der Waals surface area contributed by atoms with E-state index in [9.17, 15) is 9.59 Å². The molecule has 0 radical (unpaired) electrons. The van der Waals surface area contributed by atoms with Crippen molar-refractivity contribution in [1.82, 2.24) is 9.78 Å². The molecule has 1 N–H and O–H groups in total. The first kappa shape index (κ1) is 20.5. The summed E-state index contributed by atoms with van der Waals surface area (Å²) in [6.07, 6.45) is 1.000. The molecule has 1 atom stereocenters.